The molecule has 14 heavy (non-hydrogen) atoms. The number of H-pyrrole nitrogens is 1. The molecule has 0 saturated heterocycles. The molecule has 0 atom stereocenters. The molecule has 74 valence electrons. The van der Waals surface area contributed by atoms with Gasteiger partial charge in [0, 0.05) is 17.8 Å². The highest BCUT2D eigenvalue weighted by atomic mass is 16.5. The summed E-state index contributed by atoms with van der Waals surface area (Å²) in [5.74, 6) is -0.403. The summed E-state index contributed by atoms with van der Waals surface area (Å²) in [5, 5.41) is 0. The van der Waals surface area contributed by atoms with Gasteiger partial charge in [0.2, 0.25) is 0 Å². The molecule has 0 amide bonds. The Hall–Kier alpha value is -1.58. The molecule has 0 unspecified atom stereocenters. The van der Waals surface area contributed by atoms with E-state index in [4.69, 9.17) is 0 Å². The number of carbonyl (C=O) groups excluding carboxylic acids is 2. The Bertz CT molecular complexity index is 417. The molecule has 4 heteroatoms. The predicted octanol–water partition coefficient (Wildman–Crippen LogP) is 1.24. The molecule has 0 aliphatic heterocycles. The van der Waals surface area contributed by atoms with Crippen LogP contribution in [0.4, 0.5) is 0 Å². The second-order valence-electron chi connectivity index (χ2n) is 3.39. The van der Waals surface area contributed by atoms with E-state index in [0.29, 0.717) is 24.0 Å². The Labute approximate surface area is 81.3 Å². The van der Waals surface area contributed by atoms with Crippen LogP contribution in [0, 0.1) is 6.92 Å². The van der Waals surface area contributed by atoms with Crippen molar-refractivity contribution in [1.82, 2.24) is 4.98 Å². The van der Waals surface area contributed by atoms with E-state index in [9.17, 15) is 9.59 Å². The van der Waals surface area contributed by atoms with Gasteiger partial charge in [0.05, 0.1) is 18.2 Å². The number of fused-ring (bicyclic) bond motifs is 1. The van der Waals surface area contributed by atoms with Gasteiger partial charge in [-0.25, -0.2) is 4.79 Å². The van der Waals surface area contributed by atoms with Crippen molar-refractivity contribution in [2.45, 2.75) is 19.8 Å². The number of methoxy groups -OCH3 is 1. The molecule has 4 nitrogen and oxygen atoms in total. The van der Waals surface area contributed by atoms with Crippen molar-refractivity contribution in [2.75, 3.05) is 7.11 Å². The van der Waals surface area contributed by atoms with Crippen molar-refractivity contribution < 1.29 is 14.3 Å². The average molecular weight is 193 g/mol. The Morgan fingerprint density at radius 2 is 2.14 bits per heavy atom. The minimum Gasteiger partial charge on any atom is -0.465 e. The maximum Gasteiger partial charge on any atom is 0.340 e. The van der Waals surface area contributed by atoms with Crippen molar-refractivity contribution >= 4 is 11.8 Å². The van der Waals surface area contributed by atoms with Crippen molar-refractivity contribution in [3.8, 4) is 0 Å². The summed E-state index contributed by atoms with van der Waals surface area (Å²) >= 11 is 0. The van der Waals surface area contributed by atoms with Crippen LogP contribution >= 0.6 is 0 Å². The fourth-order valence-electron chi connectivity index (χ4n) is 1.91. The predicted molar refractivity (Wildman–Crippen MR) is 49.5 cm³/mol. The lowest BCUT2D eigenvalue weighted by molar-refractivity contribution is 0.0596. The number of carbonyl (C=O) groups is 2. The van der Waals surface area contributed by atoms with Crippen LogP contribution in [0.2, 0.25) is 0 Å². The van der Waals surface area contributed by atoms with Crippen LogP contribution in [0.1, 0.15) is 38.5 Å². The minimum atomic E-state index is -0.435. The first-order valence-corrected chi connectivity index (χ1v) is 4.48. The van der Waals surface area contributed by atoms with Crippen molar-refractivity contribution in [3.05, 3.63) is 22.5 Å². The van der Waals surface area contributed by atoms with Crippen LogP contribution < -0.4 is 0 Å². The number of ether oxygens (including phenoxy) is 1. The van der Waals surface area contributed by atoms with Crippen LogP contribution in [-0.4, -0.2) is 23.8 Å². The van der Waals surface area contributed by atoms with Crippen molar-refractivity contribution in [1.29, 1.82) is 0 Å². The molecule has 1 aliphatic carbocycles. The Morgan fingerprint density at radius 1 is 1.43 bits per heavy atom. The number of nitrogens with one attached hydrogen (secondary N) is 1. The smallest absolute Gasteiger partial charge is 0.340 e. The molecule has 1 heterocycles. The topological polar surface area (TPSA) is 59.2 Å². The molecular weight excluding hydrogens is 182 g/mol. The van der Waals surface area contributed by atoms with E-state index in [1.165, 1.54) is 7.11 Å². The van der Waals surface area contributed by atoms with Crippen LogP contribution in [-0.2, 0) is 11.2 Å². The summed E-state index contributed by atoms with van der Waals surface area (Å²) in [5.41, 5.74) is 2.53. The summed E-state index contributed by atoms with van der Waals surface area (Å²) in [6.07, 6.45) is 1.19. The van der Waals surface area contributed by atoms with Gasteiger partial charge in [-0.3, -0.25) is 4.79 Å². The molecule has 1 aliphatic rings. The molecule has 1 aromatic heterocycles. The number of Topliss-reactive ketones (excluding diaryl/α,β-unsaturated/α-hetero) is 1. The Kier molecular flexibility index (Phi) is 1.91. The van der Waals surface area contributed by atoms with Gasteiger partial charge in [-0.2, -0.15) is 0 Å². The number of aryl methyl sites for hydroxylation is 2. The van der Waals surface area contributed by atoms with Crippen LogP contribution in [0.25, 0.3) is 0 Å². The van der Waals surface area contributed by atoms with Crippen molar-refractivity contribution in [3.63, 3.8) is 0 Å². The highest BCUT2D eigenvalue weighted by Gasteiger charge is 2.30. The molecule has 0 fully saturated rings. The number of hydrogen-bond donors (Lipinski definition) is 1. The normalized spacial score (nSPS) is 14.3. The van der Waals surface area contributed by atoms with Crippen LogP contribution in [0.15, 0.2) is 0 Å². The van der Waals surface area contributed by atoms with Gasteiger partial charge < -0.3 is 9.72 Å². The van der Waals surface area contributed by atoms with E-state index in [1.54, 1.807) is 6.92 Å². The largest absolute Gasteiger partial charge is 0.465 e. The molecule has 1 aromatic rings. The average Bonchev–Trinajstić information content (AvgIpc) is 2.65. The van der Waals surface area contributed by atoms with E-state index in [0.717, 1.165) is 11.4 Å². The van der Waals surface area contributed by atoms with E-state index < -0.39 is 5.97 Å². The summed E-state index contributed by atoms with van der Waals surface area (Å²) in [6.45, 7) is 1.78. The van der Waals surface area contributed by atoms with E-state index >= 15 is 0 Å². The first kappa shape index (κ1) is 8.99. The summed E-state index contributed by atoms with van der Waals surface area (Å²) in [4.78, 5) is 25.9. The first-order chi connectivity index (χ1) is 6.65. The third-order valence-corrected chi connectivity index (χ3v) is 2.54. The molecule has 0 bridgehead atoms. The number of aromatic amines is 1. The number of hydrogen-bond acceptors (Lipinski definition) is 3. The number of aromatic nitrogens is 1. The Morgan fingerprint density at radius 3 is 2.79 bits per heavy atom. The minimum absolute atomic E-state index is 0.0322. The molecule has 0 spiro atoms. The molecule has 2 rings (SSSR count). The Balaban J connectivity index is 2.59. The SMILES string of the molecule is COC(=O)c1c(C)[nH]c2c1C(=O)CC2. The van der Waals surface area contributed by atoms with Gasteiger partial charge >= 0.3 is 5.97 Å². The van der Waals surface area contributed by atoms with Crippen molar-refractivity contribution in [2.24, 2.45) is 0 Å². The van der Waals surface area contributed by atoms with Gasteiger partial charge in [0.1, 0.15) is 0 Å². The van der Waals surface area contributed by atoms with Gasteiger partial charge in [-0.05, 0) is 13.3 Å². The quantitative estimate of drug-likeness (QED) is 0.682. The number of ketones is 1. The monoisotopic (exact) mass is 193 g/mol. The zero-order valence-electron chi connectivity index (χ0n) is 8.14. The first-order valence-electron chi connectivity index (χ1n) is 4.48. The molecule has 0 radical (unpaired) electrons. The van der Waals surface area contributed by atoms with Gasteiger partial charge in [-0.15, -0.1) is 0 Å². The fourth-order valence-corrected chi connectivity index (χ4v) is 1.91. The third-order valence-electron chi connectivity index (χ3n) is 2.54. The second kappa shape index (κ2) is 2.97. The van der Waals surface area contributed by atoms with Crippen LogP contribution in [0.5, 0.6) is 0 Å². The summed E-state index contributed by atoms with van der Waals surface area (Å²) < 4.78 is 4.64. The lowest BCUT2D eigenvalue weighted by Crippen LogP contribution is -2.07. The maximum absolute atomic E-state index is 11.5. The van der Waals surface area contributed by atoms with Crippen LogP contribution in [0.3, 0.4) is 0 Å². The molecule has 0 aromatic carbocycles. The van der Waals surface area contributed by atoms with E-state index in [1.807, 2.05) is 0 Å². The molecule has 1 N–H and O–H groups in total. The van der Waals surface area contributed by atoms with Gasteiger partial charge in [0.15, 0.2) is 5.78 Å². The molecule has 0 saturated carbocycles. The fraction of sp³-hybridized carbons (Fsp3) is 0.400. The van der Waals surface area contributed by atoms with Gasteiger partial charge in [-0.1, -0.05) is 0 Å². The summed E-state index contributed by atoms with van der Waals surface area (Å²) in [7, 11) is 1.32. The number of esters is 1. The van der Waals surface area contributed by atoms with E-state index in [-0.39, 0.29) is 5.78 Å². The van der Waals surface area contributed by atoms with E-state index in [2.05, 4.69) is 9.72 Å². The number of rotatable bonds is 1. The summed E-state index contributed by atoms with van der Waals surface area (Å²) in [6, 6.07) is 0. The standard InChI is InChI=1S/C10H11NO3/c1-5-8(10(13)14-2)9-6(11-5)3-4-7(9)12/h11H,3-4H2,1-2H3. The maximum atomic E-state index is 11.5. The highest BCUT2D eigenvalue weighted by Crippen LogP contribution is 2.27. The zero-order chi connectivity index (χ0) is 10.3. The second-order valence-corrected chi connectivity index (χ2v) is 3.39. The van der Waals surface area contributed by atoms with Gasteiger partial charge in [0.25, 0.3) is 0 Å². The lowest BCUT2D eigenvalue weighted by Gasteiger charge is -1.99. The zero-order valence-corrected chi connectivity index (χ0v) is 8.14. The molecular formula is C10H11NO3. The lowest BCUT2D eigenvalue weighted by atomic mass is 10.1. The highest BCUT2D eigenvalue weighted by molar-refractivity contribution is 6.09. The third kappa shape index (κ3) is 1.07.